The standard InChI is InChI=1S/C25H20N2O3S/c1-17-19(13-14-22(26-17)23-12-7-15-31-23)25(29)30-16-24(28)27-21-11-6-5-10-20(21)18-8-3-2-4-9-18/h2-15H,16H2,1H3,(H,27,28). The smallest absolute Gasteiger partial charge is 0.340 e. The minimum absolute atomic E-state index is 0.345. The van der Waals surface area contributed by atoms with E-state index in [4.69, 9.17) is 4.74 Å². The van der Waals surface area contributed by atoms with Crippen molar-refractivity contribution in [3.8, 4) is 21.7 Å². The third-order valence-electron chi connectivity index (χ3n) is 4.70. The van der Waals surface area contributed by atoms with Crippen molar-refractivity contribution in [2.24, 2.45) is 0 Å². The molecule has 0 radical (unpaired) electrons. The Balaban J connectivity index is 1.40. The number of carbonyl (C=O) groups excluding carboxylic acids is 2. The summed E-state index contributed by atoms with van der Waals surface area (Å²) in [6.07, 6.45) is 0. The molecule has 0 saturated carbocycles. The van der Waals surface area contributed by atoms with Gasteiger partial charge in [-0.05, 0) is 42.1 Å². The number of hydrogen-bond donors (Lipinski definition) is 1. The molecule has 0 aliphatic heterocycles. The molecule has 5 nitrogen and oxygen atoms in total. The molecule has 2 aromatic heterocycles. The van der Waals surface area contributed by atoms with Gasteiger partial charge in [-0.1, -0.05) is 54.6 Å². The van der Waals surface area contributed by atoms with Crippen LogP contribution in [0.2, 0.25) is 0 Å². The Morgan fingerprint density at radius 1 is 0.935 bits per heavy atom. The summed E-state index contributed by atoms with van der Waals surface area (Å²) in [6, 6.07) is 24.7. The summed E-state index contributed by atoms with van der Waals surface area (Å²) in [7, 11) is 0. The Labute approximate surface area is 184 Å². The van der Waals surface area contributed by atoms with Crippen LogP contribution < -0.4 is 5.32 Å². The van der Waals surface area contributed by atoms with Gasteiger partial charge in [0, 0.05) is 11.3 Å². The summed E-state index contributed by atoms with van der Waals surface area (Å²) in [4.78, 5) is 30.4. The molecule has 2 aromatic carbocycles. The molecule has 0 atom stereocenters. The number of carbonyl (C=O) groups is 2. The van der Waals surface area contributed by atoms with E-state index >= 15 is 0 Å². The highest BCUT2D eigenvalue weighted by molar-refractivity contribution is 7.13. The molecule has 0 saturated heterocycles. The molecule has 31 heavy (non-hydrogen) atoms. The maximum absolute atomic E-state index is 12.5. The Hall–Kier alpha value is -3.77. The minimum Gasteiger partial charge on any atom is -0.452 e. The van der Waals surface area contributed by atoms with Crippen LogP contribution >= 0.6 is 11.3 Å². The van der Waals surface area contributed by atoms with Gasteiger partial charge in [0.15, 0.2) is 6.61 Å². The SMILES string of the molecule is Cc1nc(-c2cccs2)ccc1C(=O)OCC(=O)Nc1ccccc1-c1ccccc1. The normalized spacial score (nSPS) is 10.5. The molecule has 0 fully saturated rings. The van der Waals surface area contributed by atoms with Gasteiger partial charge in [0.2, 0.25) is 0 Å². The Bertz CT molecular complexity index is 1200. The predicted octanol–water partition coefficient (Wildman–Crippen LogP) is 5.58. The lowest BCUT2D eigenvalue weighted by Crippen LogP contribution is -2.21. The van der Waals surface area contributed by atoms with Gasteiger partial charge in [-0.25, -0.2) is 4.79 Å². The Kier molecular flexibility index (Phi) is 6.19. The van der Waals surface area contributed by atoms with E-state index in [1.807, 2.05) is 72.1 Å². The van der Waals surface area contributed by atoms with Crippen molar-refractivity contribution in [1.29, 1.82) is 0 Å². The molecule has 0 unspecified atom stereocenters. The maximum Gasteiger partial charge on any atom is 0.340 e. The van der Waals surface area contributed by atoms with Crippen molar-refractivity contribution in [3.05, 3.63) is 95.5 Å². The highest BCUT2D eigenvalue weighted by atomic mass is 32.1. The first-order chi connectivity index (χ1) is 15.1. The molecule has 1 N–H and O–H groups in total. The average molecular weight is 429 g/mol. The highest BCUT2D eigenvalue weighted by Crippen LogP contribution is 2.27. The van der Waals surface area contributed by atoms with E-state index in [1.54, 1.807) is 30.4 Å². The first-order valence-electron chi connectivity index (χ1n) is 9.75. The number of esters is 1. The van der Waals surface area contributed by atoms with Gasteiger partial charge in [-0.2, -0.15) is 0 Å². The summed E-state index contributed by atoms with van der Waals surface area (Å²) >= 11 is 1.58. The second-order valence-corrected chi connectivity index (χ2v) is 7.79. The zero-order valence-electron chi connectivity index (χ0n) is 16.9. The van der Waals surface area contributed by atoms with Crippen molar-refractivity contribution in [2.75, 3.05) is 11.9 Å². The number of aromatic nitrogens is 1. The van der Waals surface area contributed by atoms with Gasteiger partial charge in [0.05, 0.1) is 21.8 Å². The zero-order chi connectivity index (χ0) is 21.6. The molecular formula is C25H20N2O3S. The molecule has 0 spiro atoms. The maximum atomic E-state index is 12.5. The fraction of sp³-hybridized carbons (Fsp3) is 0.0800. The van der Waals surface area contributed by atoms with Gasteiger partial charge >= 0.3 is 5.97 Å². The molecule has 4 aromatic rings. The van der Waals surface area contributed by atoms with Crippen LogP contribution in [0.4, 0.5) is 5.69 Å². The summed E-state index contributed by atoms with van der Waals surface area (Å²) < 4.78 is 5.23. The Morgan fingerprint density at radius 3 is 2.45 bits per heavy atom. The van der Waals surface area contributed by atoms with Crippen LogP contribution in [-0.4, -0.2) is 23.5 Å². The van der Waals surface area contributed by atoms with E-state index in [0.29, 0.717) is 16.9 Å². The number of hydrogen-bond acceptors (Lipinski definition) is 5. The van der Waals surface area contributed by atoms with Crippen LogP contribution in [0, 0.1) is 6.92 Å². The predicted molar refractivity (Wildman–Crippen MR) is 123 cm³/mol. The molecule has 1 amide bonds. The van der Waals surface area contributed by atoms with Crippen LogP contribution in [0.5, 0.6) is 0 Å². The van der Waals surface area contributed by atoms with E-state index in [-0.39, 0.29) is 6.61 Å². The monoisotopic (exact) mass is 428 g/mol. The third-order valence-corrected chi connectivity index (χ3v) is 5.59. The molecule has 2 heterocycles. The minimum atomic E-state index is -0.575. The number of nitrogens with one attached hydrogen (secondary N) is 1. The molecule has 0 aliphatic rings. The van der Waals surface area contributed by atoms with Crippen molar-refractivity contribution < 1.29 is 14.3 Å². The molecular weight excluding hydrogens is 408 g/mol. The fourth-order valence-corrected chi connectivity index (χ4v) is 3.89. The zero-order valence-corrected chi connectivity index (χ0v) is 17.7. The number of rotatable bonds is 6. The Morgan fingerprint density at radius 2 is 1.71 bits per heavy atom. The largest absolute Gasteiger partial charge is 0.452 e. The first-order valence-corrected chi connectivity index (χ1v) is 10.6. The molecule has 6 heteroatoms. The molecule has 0 aliphatic carbocycles. The van der Waals surface area contributed by atoms with Gasteiger partial charge in [-0.15, -0.1) is 11.3 Å². The van der Waals surface area contributed by atoms with Crippen molar-refractivity contribution in [1.82, 2.24) is 4.98 Å². The number of pyridine rings is 1. The van der Waals surface area contributed by atoms with Crippen molar-refractivity contribution >= 4 is 28.9 Å². The van der Waals surface area contributed by atoms with Gasteiger partial charge < -0.3 is 10.1 Å². The summed E-state index contributed by atoms with van der Waals surface area (Å²) in [6.45, 7) is 1.37. The van der Waals surface area contributed by atoms with E-state index in [1.165, 1.54) is 0 Å². The lowest BCUT2D eigenvalue weighted by atomic mass is 10.0. The summed E-state index contributed by atoms with van der Waals surface area (Å²) in [5, 5.41) is 4.80. The molecule has 4 rings (SSSR count). The van der Waals surface area contributed by atoms with Gasteiger partial charge in [0.25, 0.3) is 5.91 Å². The third kappa shape index (κ3) is 4.87. The lowest BCUT2D eigenvalue weighted by Gasteiger charge is -2.12. The number of thiophene rings is 1. The summed E-state index contributed by atoms with van der Waals surface area (Å²) in [5.41, 5.74) is 4.26. The van der Waals surface area contributed by atoms with E-state index < -0.39 is 11.9 Å². The number of para-hydroxylation sites is 1. The van der Waals surface area contributed by atoms with Crippen molar-refractivity contribution in [2.45, 2.75) is 6.92 Å². The van der Waals surface area contributed by atoms with Gasteiger partial charge in [0.1, 0.15) is 0 Å². The second kappa shape index (κ2) is 9.36. The molecule has 0 bridgehead atoms. The number of nitrogens with zero attached hydrogens (tertiary/aromatic N) is 1. The number of ether oxygens (including phenoxy) is 1. The number of aryl methyl sites for hydroxylation is 1. The topological polar surface area (TPSA) is 68.3 Å². The first kappa shape index (κ1) is 20.5. The van der Waals surface area contributed by atoms with Crippen LogP contribution in [0.15, 0.2) is 84.2 Å². The lowest BCUT2D eigenvalue weighted by molar-refractivity contribution is -0.119. The molecule has 154 valence electrons. The highest BCUT2D eigenvalue weighted by Gasteiger charge is 2.16. The van der Waals surface area contributed by atoms with Crippen LogP contribution in [0.1, 0.15) is 16.1 Å². The summed E-state index contributed by atoms with van der Waals surface area (Å²) in [5.74, 6) is -0.980. The van der Waals surface area contributed by atoms with Crippen molar-refractivity contribution in [3.63, 3.8) is 0 Å². The van der Waals surface area contributed by atoms with E-state index in [0.717, 1.165) is 21.7 Å². The number of anilines is 1. The quantitative estimate of drug-likeness (QED) is 0.407. The number of amides is 1. The fourth-order valence-electron chi connectivity index (χ4n) is 3.20. The van der Waals surface area contributed by atoms with E-state index in [9.17, 15) is 9.59 Å². The van der Waals surface area contributed by atoms with Crippen LogP contribution in [0.25, 0.3) is 21.7 Å². The van der Waals surface area contributed by atoms with E-state index in [2.05, 4.69) is 10.3 Å². The van der Waals surface area contributed by atoms with Gasteiger partial charge in [-0.3, -0.25) is 9.78 Å². The van der Waals surface area contributed by atoms with Crippen LogP contribution in [-0.2, 0) is 9.53 Å². The number of benzene rings is 2. The average Bonchev–Trinajstić information content (AvgIpc) is 3.33. The van der Waals surface area contributed by atoms with Crippen LogP contribution in [0.3, 0.4) is 0 Å². The second-order valence-electron chi connectivity index (χ2n) is 6.84.